The van der Waals surface area contributed by atoms with Crippen molar-refractivity contribution in [2.45, 2.75) is 99.9 Å². The second-order valence-corrected chi connectivity index (χ2v) is 12.1. The minimum absolute atomic E-state index is 0. The standard InChI is InChI=1S/C33H44N4O4.CH4/c1-20-14-21(2)27(22(3)15-20)19-40-30-26(23(4)35-32(34)36-30)17-25-12-11-24(16-29(25)39-8)18-37-13-9-10-28(37)31(38)41-33(5,6)7;/h11-12,14-16,28H,9-10,13,17-19H2,1-8H3,(H2,34,35,36);1H4/t28-;/m1./s1. The highest BCUT2D eigenvalue weighted by Gasteiger charge is 2.34. The van der Waals surface area contributed by atoms with Crippen molar-refractivity contribution in [2.75, 3.05) is 19.4 Å². The summed E-state index contributed by atoms with van der Waals surface area (Å²) in [5.41, 5.74) is 14.0. The summed E-state index contributed by atoms with van der Waals surface area (Å²) in [6, 6.07) is 10.3. The largest absolute Gasteiger partial charge is 0.496 e. The number of hydrogen-bond donors (Lipinski definition) is 1. The van der Waals surface area contributed by atoms with Crippen molar-refractivity contribution in [3.63, 3.8) is 0 Å². The number of anilines is 1. The van der Waals surface area contributed by atoms with Crippen LogP contribution in [0.15, 0.2) is 30.3 Å². The van der Waals surface area contributed by atoms with Gasteiger partial charge in [-0.05, 0) is 102 Å². The molecule has 42 heavy (non-hydrogen) atoms. The number of nitrogen functional groups attached to an aromatic ring is 1. The minimum atomic E-state index is -0.499. The zero-order valence-electron chi connectivity index (χ0n) is 25.8. The molecule has 0 aliphatic carbocycles. The van der Waals surface area contributed by atoms with Gasteiger partial charge in [0, 0.05) is 18.5 Å². The van der Waals surface area contributed by atoms with Crippen LogP contribution in [0.1, 0.15) is 85.7 Å². The molecule has 1 aliphatic rings. The summed E-state index contributed by atoms with van der Waals surface area (Å²) in [6.07, 6.45) is 2.31. The van der Waals surface area contributed by atoms with E-state index in [1.165, 1.54) is 16.7 Å². The van der Waals surface area contributed by atoms with Crippen LogP contribution in [-0.2, 0) is 29.1 Å². The van der Waals surface area contributed by atoms with Crippen LogP contribution in [0.4, 0.5) is 5.95 Å². The Kier molecular flexibility index (Phi) is 10.6. The van der Waals surface area contributed by atoms with Gasteiger partial charge in [0.05, 0.1) is 12.8 Å². The summed E-state index contributed by atoms with van der Waals surface area (Å²) in [5.74, 6) is 1.28. The third-order valence-electron chi connectivity index (χ3n) is 7.53. The summed E-state index contributed by atoms with van der Waals surface area (Å²) in [4.78, 5) is 23.9. The van der Waals surface area contributed by atoms with Crippen LogP contribution in [0, 0.1) is 27.7 Å². The van der Waals surface area contributed by atoms with Crippen LogP contribution in [0.2, 0.25) is 0 Å². The minimum Gasteiger partial charge on any atom is -0.496 e. The van der Waals surface area contributed by atoms with Gasteiger partial charge in [-0.3, -0.25) is 9.69 Å². The molecule has 0 bridgehead atoms. The average molecular weight is 577 g/mol. The molecule has 1 aliphatic heterocycles. The van der Waals surface area contributed by atoms with Crippen LogP contribution in [0.5, 0.6) is 11.6 Å². The van der Waals surface area contributed by atoms with E-state index < -0.39 is 5.60 Å². The van der Waals surface area contributed by atoms with E-state index in [1.54, 1.807) is 7.11 Å². The molecule has 228 valence electrons. The molecule has 1 atom stereocenters. The predicted molar refractivity (Wildman–Crippen MR) is 168 cm³/mol. The van der Waals surface area contributed by atoms with Crippen molar-refractivity contribution in [1.29, 1.82) is 0 Å². The van der Waals surface area contributed by atoms with E-state index in [1.807, 2.05) is 33.8 Å². The maximum atomic E-state index is 12.8. The Morgan fingerprint density at radius 1 is 1.05 bits per heavy atom. The Morgan fingerprint density at radius 2 is 1.74 bits per heavy atom. The molecule has 3 aromatic rings. The number of benzene rings is 2. The van der Waals surface area contributed by atoms with E-state index in [0.717, 1.165) is 53.1 Å². The fourth-order valence-corrected chi connectivity index (χ4v) is 5.60. The van der Waals surface area contributed by atoms with Crippen molar-refractivity contribution < 1.29 is 19.0 Å². The Balaban J connectivity index is 0.00000484. The molecule has 0 saturated carbocycles. The van der Waals surface area contributed by atoms with Crippen molar-refractivity contribution in [3.8, 4) is 11.6 Å². The average Bonchev–Trinajstić information content (AvgIpc) is 3.33. The first-order chi connectivity index (χ1) is 19.3. The molecular formula is C34H48N4O4. The lowest BCUT2D eigenvalue weighted by Crippen LogP contribution is -2.40. The Hall–Kier alpha value is -3.65. The highest BCUT2D eigenvalue weighted by atomic mass is 16.6. The number of aryl methyl sites for hydroxylation is 4. The van der Waals surface area contributed by atoms with Crippen LogP contribution < -0.4 is 15.2 Å². The monoisotopic (exact) mass is 576 g/mol. The quantitative estimate of drug-likeness (QED) is 0.292. The number of likely N-dealkylation sites (tertiary alicyclic amines) is 1. The van der Waals surface area contributed by atoms with Crippen LogP contribution in [0.25, 0.3) is 0 Å². The van der Waals surface area contributed by atoms with Gasteiger partial charge in [-0.1, -0.05) is 37.3 Å². The van der Waals surface area contributed by atoms with Gasteiger partial charge in [-0.15, -0.1) is 0 Å². The molecule has 8 nitrogen and oxygen atoms in total. The summed E-state index contributed by atoms with van der Waals surface area (Å²) < 4.78 is 17.8. The van der Waals surface area contributed by atoms with E-state index in [9.17, 15) is 4.79 Å². The first-order valence-corrected chi connectivity index (χ1v) is 14.3. The van der Waals surface area contributed by atoms with Crippen LogP contribution >= 0.6 is 0 Å². The van der Waals surface area contributed by atoms with Gasteiger partial charge >= 0.3 is 5.97 Å². The molecule has 1 fully saturated rings. The highest BCUT2D eigenvalue weighted by Crippen LogP contribution is 2.31. The molecule has 0 spiro atoms. The van der Waals surface area contributed by atoms with Gasteiger partial charge < -0.3 is 19.9 Å². The number of hydrogen-bond acceptors (Lipinski definition) is 8. The van der Waals surface area contributed by atoms with Gasteiger partial charge in [-0.25, -0.2) is 4.98 Å². The summed E-state index contributed by atoms with van der Waals surface area (Å²) >= 11 is 0. The molecule has 8 heteroatoms. The van der Waals surface area contributed by atoms with Gasteiger partial charge in [0.2, 0.25) is 11.8 Å². The molecule has 2 heterocycles. The Morgan fingerprint density at radius 3 is 2.38 bits per heavy atom. The zero-order chi connectivity index (χ0) is 29.9. The second-order valence-electron chi connectivity index (χ2n) is 12.1. The number of methoxy groups -OCH3 is 1. The maximum absolute atomic E-state index is 12.8. The number of nitrogens with two attached hydrogens (primary N) is 1. The van der Waals surface area contributed by atoms with Crippen molar-refractivity contribution in [1.82, 2.24) is 14.9 Å². The number of carbonyl (C=O) groups excluding carboxylic acids is 1. The lowest BCUT2D eigenvalue weighted by atomic mass is 10.0. The Labute approximate surface area is 251 Å². The van der Waals surface area contributed by atoms with Crippen LogP contribution in [0.3, 0.4) is 0 Å². The normalized spacial score (nSPS) is 15.3. The third-order valence-corrected chi connectivity index (χ3v) is 7.53. The topological polar surface area (TPSA) is 99.8 Å². The second kappa shape index (κ2) is 13.6. The smallest absolute Gasteiger partial charge is 0.323 e. The molecule has 0 unspecified atom stereocenters. The lowest BCUT2D eigenvalue weighted by molar-refractivity contribution is -0.160. The highest BCUT2D eigenvalue weighted by molar-refractivity contribution is 5.76. The first-order valence-electron chi connectivity index (χ1n) is 14.3. The molecule has 1 saturated heterocycles. The first kappa shape index (κ1) is 32.9. The molecule has 0 amide bonds. The third kappa shape index (κ3) is 8.00. The van der Waals surface area contributed by atoms with Crippen molar-refractivity contribution in [2.24, 2.45) is 0 Å². The van der Waals surface area contributed by atoms with Crippen molar-refractivity contribution >= 4 is 11.9 Å². The molecule has 4 rings (SSSR count). The fraction of sp³-hybridized carbons (Fsp3) is 0.500. The molecule has 2 aromatic carbocycles. The summed E-state index contributed by atoms with van der Waals surface area (Å²) in [7, 11) is 1.68. The van der Waals surface area contributed by atoms with Crippen molar-refractivity contribution in [3.05, 3.63) is 75.0 Å². The molecule has 2 N–H and O–H groups in total. The van der Waals surface area contributed by atoms with Gasteiger partial charge in [0.25, 0.3) is 0 Å². The van der Waals surface area contributed by atoms with E-state index >= 15 is 0 Å². The van der Waals surface area contributed by atoms with E-state index in [2.05, 4.69) is 59.9 Å². The number of nitrogens with zero attached hydrogens (tertiary/aromatic N) is 3. The van der Waals surface area contributed by atoms with E-state index in [0.29, 0.717) is 25.5 Å². The predicted octanol–water partition coefficient (Wildman–Crippen LogP) is 6.41. The maximum Gasteiger partial charge on any atom is 0.323 e. The molecule has 0 radical (unpaired) electrons. The van der Waals surface area contributed by atoms with Gasteiger partial charge in [-0.2, -0.15) is 4.98 Å². The number of esters is 1. The number of aromatic nitrogens is 2. The summed E-state index contributed by atoms with van der Waals surface area (Å²) in [6.45, 7) is 15.8. The van der Waals surface area contributed by atoms with E-state index in [4.69, 9.17) is 19.9 Å². The number of rotatable bonds is 9. The SMILES string of the molecule is C.COc1cc(CN2CCC[C@@H]2C(=O)OC(C)(C)C)ccc1Cc1c(C)nc(N)nc1OCc1c(C)cc(C)cc1C. The van der Waals surface area contributed by atoms with Crippen LogP contribution in [-0.4, -0.2) is 46.1 Å². The molecular weight excluding hydrogens is 528 g/mol. The Bertz CT molecular complexity index is 1390. The number of ether oxygens (including phenoxy) is 3. The van der Waals surface area contributed by atoms with Gasteiger partial charge in [0.1, 0.15) is 24.0 Å². The lowest BCUT2D eigenvalue weighted by Gasteiger charge is -2.27. The van der Waals surface area contributed by atoms with Gasteiger partial charge in [0.15, 0.2) is 0 Å². The summed E-state index contributed by atoms with van der Waals surface area (Å²) in [5, 5.41) is 0. The van der Waals surface area contributed by atoms with E-state index in [-0.39, 0.29) is 25.4 Å². The number of carbonyl (C=O) groups is 1. The molecule has 1 aromatic heterocycles. The fourth-order valence-electron chi connectivity index (χ4n) is 5.60. The zero-order valence-corrected chi connectivity index (χ0v) is 25.8.